The summed E-state index contributed by atoms with van der Waals surface area (Å²) in [6, 6.07) is 3.59. The highest BCUT2D eigenvalue weighted by molar-refractivity contribution is 5.74. The number of morpholine rings is 1. The third-order valence-corrected chi connectivity index (χ3v) is 3.50. The van der Waals surface area contributed by atoms with E-state index in [2.05, 4.69) is 20.5 Å². The first-order chi connectivity index (χ1) is 10.7. The maximum absolute atomic E-state index is 11.9. The summed E-state index contributed by atoms with van der Waals surface area (Å²) < 4.78 is 10.5. The van der Waals surface area contributed by atoms with Crippen LogP contribution < -0.4 is 15.4 Å². The Labute approximate surface area is 131 Å². The van der Waals surface area contributed by atoms with Crippen molar-refractivity contribution in [3.05, 3.63) is 23.9 Å². The topological polar surface area (TPSA) is 75.7 Å². The highest BCUT2D eigenvalue weighted by atomic mass is 16.5. The molecule has 0 aliphatic carbocycles. The van der Waals surface area contributed by atoms with Gasteiger partial charge in [0.15, 0.2) is 0 Å². The second kappa shape index (κ2) is 8.55. The summed E-state index contributed by atoms with van der Waals surface area (Å²) in [6.45, 7) is 6.57. The summed E-state index contributed by atoms with van der Waals surface area (Å²) in [6.07, 6.45) is 1.66. The van der Waals surface area contributed by atoms with Gasteiger partial charge in [0.05, 0.1) is 20.3 Å². The summed E-state index contributed by atoms with van der Waals surface area (Å²) in [4.78, 5) is 18.3. The van der Waals surface area contributed by atoms with E-state index in [1.807, 2.05) is 19.1 Å². The number of carbonyl (C=O) groups excluding carboxylic acids is 1. The molecule has 2 heterocycles. The average molecular weight is 308 g/mol. The van der Waals surface area contributed by atoms with Crippen molar-refractivity contribution in [2.45, 2.75) is 19.5 Å². The molecule has 1 aromatic heterocycles. The van der Waals surface area contributed by atoms with Gasteiger partial charge in [-0.2, -0.15) is 0 Å². The zero-order chi connectivity index (χ0) is 15.8. The van der Waals surface area contributed by atoms with Crippen molar-refractivity contribution in [1.82, 2.24) is 20.5 Å². The summed E-state index contributed by atoms with van der Waals surface area (Å²) >= 11 is 0. The summed E-state index contributed by atoms with van der Waals surface area (Å²) in [7, 11) is 1.57. The zero-order valence-corrected chi connectivity index (χ0v) is 13.2. The van der Waals surface area contributed by atoms with Gasteiger partial charge < -0.3 is 20.1 Å². The van der Waals surface area contributed by atoms with Gasteiger partial charge in [-0.1, -0.05) is 6.07 Å². The monoisotopic (exact) mass is 308 g/mol. The zero-order valence-electron chi connectivity index (χ0n) is 13.2. The van der Waals surface area contributed by atoms with Crippen molar-refractivity contribution in [1.29, 1.82) is 0 Å². The molecule has 2 amide bonds. The number of urea groups is 1. The van der Waals surface area contributed by atoms with E-state index >= 15 is 0 Å². The Balaban J connectivity index is 1.72. The number of nitrogens with zero attached hydrogens (tertiary/aromatic N) is 2. The molecule has 1 fully saturated rings. The standard InChI is InChI=1S/C15H24N4O3/c1-12(11-19-6-8-22-9-7-19)18-15(20)17-10-13-4-3-5-16-14(13)21-2/h3-5,12H,6-11H2,1-2H3,(H2,17,18,20). The third kappa shape index (κ3) is 5.16. The van der Waals surface area contributed by atoms with Gasteiger partial charge in [0.25, 0.3) is 0 Å². The van der Waals surface area contributed by atoms with Gasteiger partial charge in [0.2, 0.25) is 5.88 Å². The predicted molar refractivity (Wildman–Crippen MR) is 82.9 cm³/mol. The molecule has 122 valence electrons. The maximum Gasteiger partial charge on any atom is 0.315 e. The van der Waals surface area contributed by atoms with E-state index in [1.165, 1.54) is 0 Å². The van der Waals surface area contributed by atoms with Crippen LogP contribution in [0.1, 0.15) is 12.5 Å². The molecule has 2 rings (SSSR count). The normalized spacial score (nSPS) is 16.8. The summed E-state index contributed by atoms with van der Waals surface area (Å²) in [5.41, 5.74) is 0.848. The van der Waals surface area contributed by atoms with Crippen LogP contribution in [0.2, 0.25) is 0 Å². The minimum absolute atomic E-state index is 0.0777. The molecule has 1 aliphatic heterocycles. The molecular weight excluding hydrogens is 284 g/mol. The molecule has 7 heteroatoms. The lowest BCUT2D eigenvalue weighted by molar-refractivity contribution is 0.0349. The van der Waals surface area contributed by atoms with Crippen molar-refractivity contribution in [2.75, 3.05) is 40.0 Å². The van der Waals surface area contributed by atoms with E-state index in [1.54, 1.807) is 13.3 Å². The first-order valence-electron chi connectivity index (χ1n) is 7.51. The highest BCUT2D eigenvalue weighted by Gasteiger charge is 2.15. The van der Waals surface area contributed by atoms with Gasteiger partial charge >= 0.3 is 6.03 Å². The van der Waals surface area contributed by atoms with Gasteiger partial charge in [0, 0.05) is 44.0 Å². The number of rotatable bonds is 6. The number of carbonyl (C=O) groups is 1. The van der Waals surface area contributed by atoms with Crippen molar-refractivity contribution >= 4 is 6.03 Å². The van der Waals surface area contributed by atoms with Crippen LogP contribution in [0.15, 0.2) is 18.3 Å². The van der Waals surface area contributed by atoms with Crippen LogP contribution in [0.25, 0.3) is 0 Å². The predicted octanol–water partition coefficient (Wildman–Crippen LogP) is 0.610. The van der Waals surface area contributed by atoms with Gasteiger partial charge in [-0.25, -0.2) is 9.78 Å². The SMILES string of the molecule is COc1ncccc1CNC(=O)NC(C)CN1CCOCC1. The van der Waals surface area contributed by atoms with Crippen LogP contribution in [0.4, 0.5) is 4.79 Å². The number of amides is 2. The van der Waals surface area contributed by atoms with Crippen LogP contribution >= 0.6 is 0 Å². The Hall–Kier alpha value is -1.86. The summed E-state index contributed by atoms with van der Waals surface area (Å²) in [5.74, 6) is 0.532. The first-order valence-corrected chi connectivity index (χ1v) is 7.51. The van der Waals surface area contributed by atoms with E-state index in [9.17, 15) is 4.79 Å². The lowest BCUT2D eigenvalue weighted by atomic mass is 10.2. The highest BCUT2D eigenvalue weighted by Crippen LogP contribution is 2.12. The second-order valence-electron chi connectivity index (χ2n) is 5.31. The van der Waals surface area contributed by atoms with Crippen molar-refractivity contribution in [2.24, 2.45) is 0 Å². The Morgan fingerprint density at radius 1 is 1.50 bits per heavy atom. The van der Waals surface area contributed by atoms with Crippen LogP contribution in [0.3, 0.4) is 0 Å². The Morgan fingerprint density at radius 2 is 2.27 bits per heavy atom. The van der Waals surface area contributed by atoms with Crippen LogP contribution in [-0.2, 0) is 11.3 Å². The van der Waals surface area contributed by atoms with E-state index in [4.69, 9.17) is 9.47 Å². The van der Waals surface area contributed by atoms with Gasteiger partial charge in [0.1, 0.15) is 0 Å². The lowest BCUT2D eigenvalue weighted by Gasteiger charge is -2.29. The molecule has 0 aromatic carbocycles. The minimum Gasteiger partial charge on any atom is -0.481 e. The molecule has 22 heavy (non-hydrogen) atoms. The number of hydrogen-bond acceptors (Lipinski definition) is 5. The molecule has 0 radical (unpaired) electrons. The largest absolute Gasteiger partial charge is 0.481 e. The molecule has 2 N–H and O–H groups in total. The molecule has 1 unspecified atom stereocenters. The molecule has 7 nitrogen and oxygen atoms in total. The van der Waals surface area contributed by atoms with E-state index in [0.717, 1.165) is 38.4 Å². The quantitative estimate of drug-likeness (QED) is 0.805. The van der Waals surface area contributed by atoms with Gasteiger partial charge in [-0.15, -0.1) is 0 Å². The van der Waals surface area contributed by atoms with Gasteiger partial charge in [-0.05, 0) is 13.0 Å². The number of nitrogens with one attached hydrogen (secondary N) is 2. The fraction of sp³-hybridized carbons (Fsp3) is 0.600. The number of hydrogen-bond donors (Lipinski definition) is 2. The molecule has 0 saturated carbocycles. The smallest absolute Gasteiger partial charge is 0.315 e. The first kappa shape index (κ1) is 16.5. The minimum atomic E-state index is -0.188. The molecule has 1 aromatic rings. The fourth-order valence-electron chi connectivity index (χ4n) is 2.41. The molecule has 1 atom stereocenters. The maximum atomic E-state index is 11.9. The number of pyridine rings is 1. The third-order valence-electron chi connectivity index (χ3n) is 3.50. The fourth-order valence-corrected chi connectivity index (χ4v) is 2.41. The van der Waals surface area contributed by atoms with E-state index in [0.29, 0.717) is 12.4 Å². The van der Waals surface area contributed by atoms with Crippen molar-refractivity contribution < 1.29 is 14.3 Å². The number of ether oxygens (including phenoxy) is 2. The Morgan fingerprint density at radius 3 is 3.00 bits per heavy atom. The van der Waals surface area contributed by atoms with E-state index in [-0.39, 0.29) is 12.1 Å². The van der Waals surface area contributed by atoms with Crippen LogP contribution in [-0.4, -0.2) is 61.9 Å². The van der Waals surface area contributed by atoms with E-state index < -0.39 is 0 Å². The molecule has 1 aliphatic rings. The van der Waals surface area contributed by atoms with Crippen molar-refractivity contribution in [3.63, 3.8) is 0 Å². The second-order valence-corrected chi connectivity index (χ2v) is 5.31. The van der Waals surface area contributed by atoms with Crippen LogP contribution in [0.5, 0.6) is 5.88 Å². The Bertz CT molecular complexity index is 478. The Kier molecular flexibility index (Phi) is 6.42. The molecule has 0 spiro atoms. The van der Waals surface area contributed by atoms with Gasteiger partial charge in [-0.3, -0.25) is 4.90 Å². The van der Waals surface area contributed by atoms with Crippen LogP contribution in [0, 0.1) is 0 Å². The molecular formula is C15H24N4O3. The molecule has 0 bridgehead atoms. The molecule has 1 saturated heterocycles. The van der Waals surface area contributed by atoms with Crippen molar-refractivity contribution in [3.8, 4) is 5.88 Å². The number of aromatic nitrogens is 1. The average Bonchev–Trinajstić information content (AvgIpc) is 2.54. The summed E-state index contributed by atoms with van der Waals surface area (Å²) in [5, 5.41) is 5.77. The number of methoxy groups -OCH3 is 1. The lowest BCUT2D eigenvalue weighted by Crippen LogP contribution is -2.48.